The second-order valence-electron chi connectivity index (χ2n) is 9.39. The Morgan fingerprint density at radius 1 is 0.971 bits per heavy atom. The van der Waals surface area contributed by atoms with Crippen molar-refractivity contribution in [3.8, 4) is 0 Å². The third-order valence-electron chi connectivity index (χ3n) is 6.55. The Labute approximate surface area is 206 Å². The van der Waals surface area contributed by atoms with Gasteiger partial charge in [0.1, 0.15) is 12.2 Å². The molecule has 6 heteroatoms. The van der Waals surface area contributed by atoms with Gasteiger partial charge >= 0.3 is 0 Å². The predicted octanol–water partition coefficient (Wildman–Crippen LogP) is 4.98. The number of nitrogens with zero attached hydrogens (tertiary/aromatic N) is 2. The summed E-state index contributed by atoms with van der Waals surface area (Å²) in [5.74, 6) is -0.161. The molecule has 1 saturated heterocycles. The van der Waals surface area contributed by atoms with E-state index in [4.69, 9.17) is 0 Å². The average molecular weight is 474 g/mol. The molecule has 2 amide bonds. The van der Waals surface area contributed by atoms with Crippen LogP contribution in [0.1, 0.15) is 61.0 Å². The van der Waals surface area contributed by atoms with Gasteiger partial charge in [0.2, 0.25) is 11.8 Å². The van der Waals surface area contributed by atoms with Crippen LogP contribution in [0.3, 0.4) is 0 Å². The molecule has 35 heavy (non-hydrogen) atoms. The monoisotopic (exact) mass is 473 g/mol. The minimum absolute atomic E-state index is 0.00889. The number of alkyl halides is 1. The Kier molecular flexibility index (Phi) is 7.91. The third kappa shape index (κ3) is 6.13. The minimum atomic E-state index is -1.22. The van der Waals surface area contributed by atoms with Crippen molar-refractivity contribution >= 4 is 11.8 Å². The second-order valence-corrected chi connectivity index (χ2v) is 9.39. The number of hydrogen-bond acceptors (Lipinski definition) is 3. The number of hydrogen-bond donors (Lipinski definition) is 1. The number of likely N-dealkylation sites (tertiary alicyclic amines) is 1. The van der Waals surface area contributed by atoms with E-state index in [1.54, 1.807) is 6.20 Å². The fraction of sp³-hybridized carbons (Fsp3) is 0.345. The Morgan fingerprint density at radius 3 is 2.29 bits per heavy atom. The highest BCUT2D eigenvalue weighted by atomic mass is 19.1. The van der Waals surface area contributed by atoms with Crippen molar-refractivity contribution in [1.82, 2.24) is 15.2 Å². The van der Waals surface area contributed by atoms with Crippen LogP contribution in [0, 0.1) is 0 Å². The zero-order chi connectivity index (χ0) is 24.8. The Bertz CT molecular complexity index is 1120. The van der Waals surface area contributed by atoms with Gasteiger partial charge in [0.15, 0.2) is 0 Å². The molecule has 1 fully saturated rings. The minimum Gasteiger partial charge on any atom is -0.343 e. The third-order valence-corrected chi connectivity index (χ3v) is 6.55. The van der Waals surface area contributed by atoms with E-state index in [9.17, 15) is 14.0 Å². The molecule has 3 atom stereocenters. The number of nitrogens with one attached hydrogen (secondary N) is 1. The van der Waals surface area contributed by atoms with Gasteiger partial charge in [-0.15, -0.1) is 0 Å². The Hall–Kier alpha value is -3.54. The molecule has 1 aliphatic rings. The number of benzene rings is 2. The SMILES string of the molecule is CC(C)c1ccc([C@@H](NC(=O)[C@@H]2C[C@@H](F)CN2C(=O)CCc2ccccn2)c2ccccc2)cc1. The smallest absolute Gasteiger partial charge is 0.243 e. The maximum atomic E-state index is 14.4. The molecule has 0 unspecified atom stereocenters. The summed E-state index contributed by atoms with van der Waals surface area (Å²) in [5.41, 5.74) is 3.89. The fourth-order valence-corrected chi connectivity index (χ4v) is 4.55. The molecule has 0 spiro atoms. The van der Waals surface area contributed by atoms with Crippen molar-refractivity contribution in [2.45, 2.75) is 57.3 Å². The number of rotatable bonds is 8. The van der Waals surface area contributed by atoms with E-state index in [2.05, 4.69) is 36.3 Å². The highest BCUT2D eigenvalue weighted by molar-refractivity contribution is 5.89. The summed E-state index contributed by atoms with van der Waals surface area (Å²) >= 11 is 0. The van der Waals surface area contributed by atoms with Crippen LogP contribution in [-0.2, 0) is 16.0 Å². The van der Waals surface area contributed by atoms with Crippen molar-refractivity contribution in [3.63, 3.8) is 0 Å². The van der Waals surface area contributed by atoms with Crippen LogP contribution in [0.25, 0.3) is 0 Å². The summed E-state index contributed by atoms with van der Waals surface area (Å²) < 4.78 is 14.4. The molecule has 0 bridgehead atoms. The van der Waals surface area contributed by atoms with Crippen molar-refractivity contribution < 1.29 is 14.0 Å². The lowest BCUT2D eigenvalue weighted by molar-refractivity contribution is -0.138. The van der Waals surface area contributed by atoms with E-state index < -0.39 is 18.3 Å². The number of aromatic nitrogens is 1. The maximum absolute atomic E-state index is 14.4. The highest BCUT2D eigenvalue weighted by Gasteiger charge is 2.40. The molecule has 1 aromatic heterocycles. The topological polar surface area (TPSA) is 62.3 Å². The number of pyridine rings is 1. The zero-order valence-corrected chi connectivity index (χ0v) is 20.2. The molecule has 182 valence electrons. The van der Waals surface area contributed by atoms with Crippen LogP contribution in [0.2, 0.25) is 0 Å². The molecule has 2 heterocycles. The summed E-state index contributed by atoms with van der Waals surface area (Å²) in [5, 5.41) is 3.11. The first kappa shape index (κ1) is 24.6. The van der Waals surface area contributed by atoms with E-state index in [1.165, 1.54) is 10.5 Å². The van der Waals surface area contributed by atoms with E-state index in [-0.39, 0.29) is 31.2 Å². The quantitative estimate of drug-likeness (QED) is 0.502. The summed E-state index contributed by atoms with van der Waals surface area (Å²) in [6, 6.07) is 22.2. The lowest BCUT2D eigenvalue weighted by Gasteiger charge is -2.27. The zero-order valence-electron chi connectivity index (χ0n) is 20.2. The van der Waals surface area contributed by atoms with Gasteiger partial charge in [-0.05, 0) is 41.2 Å². The van der Waals surface area contributed by atoms with Gasteiger partial charge in [-0.2, -0.15) is 0 Å². The van der Waals surface area contributed by atoms with E-state index in [1.807, 2.05) is 60.7 Å². The fourth-order valence-electron chi connectivity index (χ4n) is 4.55. The molecule has 5 nitrogen and oxygen atoms in total. The first-order valence-electron chi connectivity index (χ1n) is 12.2. The van der Waals surface area contributed by atoms with Crippen LogP contribution in [0.15, 0.2) is 79.0 Å². The van der Waals surface area contributed by atoms with Gasteiger partial charge in [-0.25, -0.2) is 4.39 Å². The molecule has 1 aliphatic heterocycles. The van der Waals surface area contributed by atoms with Crippen molar-refractivity contribution in [2.75, 3.05) is 6.54 Å². The van der Waals surface area contributed by atoms with Crippen molar-refractivity contribution in [1.29, 1.82) is 0 Å². The summed E-state index contributed by atoms with van der Waals surface area (Å²) in [6.45, 7) is 4.22. The molecule has 0 aliphatic carbocycles. The molecule has 1 N–H and O–H groups in total. The van der Waals surface area contributed by atoms with Gasteiger partial charge in [0, 0.05) is 24.7 Å². The van der Waals surface area contributed by atoms with Gasteiger partial charge in [-0.3, -0.25) is 14.6 Å². The largest absolute Gasteiger partial charge is 0.343 e. The lowest BCUT2D eigenvalue weighted by atomic mass is 9.95. The average Bonchev–Trinajstić information content (AvgIpc) is 3.29. The van der Waals surface area contributed by atoms with Crippen LogP contribution in [0.5, 0.6) is 0 Å². The van der Waals surface area contributed by atoms with Crippen LogP contribution < -0.4 is 5.32 Å². The lowest BCUT2D eigenvalue weighted by Crippen LogP contribution is -2.47. The molecular formula is C29H32FN3O2. The van der Waals surface area contributed by atoms with Crippen LogP contribution >= 0.6 is 0 Å². The number of aryl methyl sites for hydroxylation is 1. The Morgan fingerprint density at radius 2 is 1.63 bits per heavy atom. The summed E-state index contributed by atoms with van der Waals surface area (Å²) in [6.07, 6.45) is 1.11. The first-order chi connectivity index (χ1) is 16.9. The molecule has 0 radical (unpaired) electrons. The van der Waals surface area contributed by atoms with Crippen molar-refractivity contribution in [3.05, 3.63) is 101 Å². The first-order valence-corrected chi connectivity index (χ1v) is 12.2. The second kappa shape index (κ2) is 11.3. The summed E-state index contributed by atoms with van der Waals surface area (Å²) in [7, 11) is 0. The molecule has 0 saturated carbocycles. The molecule has 2 aromatic carbocycles. The normalized spacial score (nSPS) is 18.5. The van der Waals surface area contributed by atoms with E-state index in [0.29, 0.717) is 12.3 Å². The van der Waals surface area contributed by atoms with Crippen LogP contribution in [0.4, 0.5) is 4.39 Å². The van der Waals surface area contributed by atoms with Gasteiger partial charge in [-0.1, -0.05) is 74.5 Å². The van der Waals surface area contributed by atoms with Gasteiger partial charge in [0.25, 0.3) is 0 Å². The van der Waals surface area contributed by atoms with Gasteiger partial charge < -0.3 is 10.2 Å². The predicted molar refractivity (Wildman–Crippen MR) is 135 cm³/mol. The number of carbonyl (C=O) groups is 2. The van der Waals surface area contributed by atoms with E-state index >= 15 is 0 Å². The standard InChI is InChI=1S/C29H32FN3O2/c1-20(2)21-11-13-23(14-12-21)28(22-8-4-3-5-9-22)32-29(35)26-18-24(30)19-33(26)27(34)16-15-25-10-6-7-17-31-25/h3-14,17,20,24,26,28H,15-16,18-19H2,1-2H3,(H,32,35)/t24-,26+,28+/m1/s1. The van der Waals surface area contributed by atoms with E-state index in [0.717, 1.165) is 16.8 Å². The number of halogens is 1. The molecular weight excluding hydrogens is 441 g/mol. The Balaban J connectivity index is 1.51. The number of carbonyl (C=O) groups excluding carboxylic acids is 2. The number of amides is 2. The molecule has 4 rings (SSSR count). The maximum Gasteiger partial charge on any atom is 0.243 e. The summed E-state index contributed by atoms with van der Waals surface area (Å²) in [4.78, 5) is 32.0. The highest BCUT2D eigenvalue weighted by Crippen LogP contribution is 2.27. The van der Waals surface area contributed by atoms with Crippen LogP contribution in [-0.4, -0.2) is 40.5 Å². The van der Waals surface area contributed by atoms with Crippen molar-refractivity contribution in [2.24, 2.45) is 0 Å². The van der Waals surface area contributed by atoms with Gasteiger partial charge in [0.05, 0.1) is 12.6 Å². The molecule has 3 aromatic rings.